The summed E-state index contributed by atoms with van der Waals surface area (Å²) in [5.41, 5.74) is -0.266. The van der Waals surface area contributed by atoms with Crippen molar-refractivity contribution >= 4 is 0 Å². The topological polar surface area (TPSA) is 39.1 Å². The number of piperidine rings is 1. The lowest BCUT2D eigenvalue weighted by Crippen LogP contribution is -2.57. The van der Waals surface area contributed by atoms with Crippen molar-refractivity contribution in [2.45, 2.75) is 63.8 Å². The quantitative estimate of drug-likeness (QED) is 0.816. The number of nitriles is 1. The van der Waals surface area contributed by atoms with E-state index in [2.05, 4.69) is 23.2 Å². The van der Waals surface area contributed by atoms with E-state index < -0.39 is 0 Å². The summed E-state index contributed by atoms with van der Waals surface area (Å²) < 4.78 is 0. The molecule has 0 radical (unpaired) electrons. The fraction of sp³-hybridized carbons (Fsp3) is 0.944. The van der Waals surface area contributed by atoms with Crippen LogP contribution in [0.2, 0.25) is 0 Å². The molecule has 118 valence electrons. The molecule has 1 aliphatic heterocycles. The minimum Gasteiger partial charge on any atom is -0.300 e. The van der Waals surface area contributed by atoms with Crippen molar-refractivity contribution in [3.8, 4) is 6.07 Å². The summed E-state index contributed by atoms with van der Waals surface area (Å²) in [6.07, 6.45) is 10.7. The Bertz CT molecular complexity index is 384. The van der Waals surface area contributed by atoms with Crippen LogP contribution in [0.3, 0.4) is 0 Å². The van der Waals surface area contributed by atoms with Crippen molar-refractivity contribution in [1.29, 1.82) is 5.26 Å². The maximum absolute atomic E-state index is 9.84. The summed E-state index contributed by atoms with van der Waals surface area (Å²) in [6, 6.07) is 2.68. The van der Waals surface area contributed by atoms with E-state index in [1.54, 1.807) is 0 Å². The molecule has 3 atom stereocenters. The van der Waals surface area contributed by atoms with Gasteiger partial charge >= 0.3 is 0 Å². The molecular formula is C18H31N3. The Labute approximate surface area is 130 Å². The number of likely N-dealkylation sites (tertiary alicyclic amines) is 1. The lowest BCUT2D eigenvalue weighted by molar-refractivity contribution is 0.0686. The molecule has 1 saturated heterocycles. The van der Waals surface area contributed by atoms with Gasteiger partial charge in [-0.3, -0.25) is 5.32 Å². The van der Waals surface area contributed by atoms with Gasteiger partial charge in [-0.05, 0) is 62.9 Å². The monoisotopic (exact) mass is 289 g/mol. The number of rotatable bonds is 6. The first-order chi connectivity index (χ1) is 10.3. The van der Waals surface area contributed by atoms with Crippen LogP contribution in [0.1, 0.15) is 58.3 Å². The molecule has 3 unspecified atom stereocenters. The minimum atomic E-state index is -0.266. The summed E-state index contributed by atoms with van der Waals surface area (Å²) in [4.78, 5) is 2.61. The van der Waals surface area contributed by atoms with Crippen molar-refractivity contribution in [2.75, 3.05) is 26.2 Å². The summed E-state index contributed by atoms with van der Waals surface area (Å²) >= 11 is 0. The molecule has 0 aromatic carbocycles. The minimum absolute atomic E-state index is 0.266. The Balaban J connectivity index is 1.61. The molecule has 0 aromatic heterocycles. The SMILES string of the molecule is CCCNC(C#N)(CN1CCC2CCCCC2C1)C1CC1. The molecule has 0 amide bonds. The van der Waals surface area contributed by atoms with E-state index in [0.717, 1.165) is 31.3 Å². The van der Waals surface area contributed by atoms with Crippen molar-refractivity contribution in [3.63, 3.8) is 0 Å². The molecule has 0 aromatic rings. The third-order valence-corrected chi connectivity index (χ3v) is 6.01. The van der Waals surface area contributed by atoms with Crippen LogP contribution in [0.4, 0.5) is 0 Å². The van der Waals surface area contributed by atoms with Crippen LogP contribution in [-0.4, -0.2) is 36.6 Å². The number of hydrogen-bond acceptors (Lipinski definition) is 3. The normalized spacial score (nSPS) is 33.0. The van der Waals surface area contributed by atoms with Gasteiger partial charge in [-0.15, -0.1) is 0 Å². The summed E-state index contributed by atoms with van der Waals surface area (Å²) in [5, 5.41) is 13.4. The maximum Gasteiger partial charge on any atom is 0.122 e. The zero-order valence-corrected chi connectivity index (χ0v) is 13.6. The van der Waals surface area contributed by atoms with E-state index in [-0.39, 0.29) is 5.54 Å². The average Bonchev–Trinajstić information content (AvgIpc) is 3.36. The molecule has 1 N–H and O–H groups in total. The lowest BCUT2D eigenvalue weighted by atomic mass is 9.75. The van der Waals surface area contributed by atoms with Crippen LogP contribution in [0, 0.1) is 29.1 Å². The van der Waals surface area contributed by atoms with Crippen LogP contribution in [0.25, 0.3) is 0 Å². The van der Waals surface area contributed by atoms with Crippen LogP contribution in [0.5, 0.6) is 0 Å². The maximum atomic E-state index is 9.84. The molecule has 0 spiro atoms. The van der Waals surface area contributed by atoms with Gasteiger partial charge in [0.1, 0.15) is 5.54 Å². The van der Waals surface area contributed by atoms with E-state index in [9.17, 15) is 5.26 Å². The zero-order valence-electron chi connectivity index (χ0n) is 13.6. The molecule has 3 heteroatoms. The van der Waals surface area contributed by atoms with Gasteiger partial charge in [0.05, 0.1) is 6.07 Å². The third-order valence-electron chi connectivity index (χ3n) is 6.01. The second kappa shape index (κ2) is 6.67. The van der Waals surface area contributed by atoms with Crippen LogP contribution < -0.4 is 5.32 Å². The standard InChI is InChI=1S/C18H31N3/c1-2-10-20-18(13-19,17-7-8-17)14-21-11-9-15-5-3-4-6-16(15)12-21/h15-17,20H,2-12,14H2,1H3. The molecule has 3 rings (SSSR count). The fourth-order valence-electron chi connectivity index (χ4n) is 4.59. The largest absolute Gasteiger partial charge is 0.300 e. The van der Waals surface area contributed by atoms with Crippen LogP contribution in [0.15, 0.2) is 0 Å². The van der Waals surface area contributed by atoms with Crippen LogP contribution >= 0.6 is 0 Å². The Hall–Kier alpha value is -0.590. The van der Waals surface area contributed by atoms with Crippen molar-refractivity contribution < 1.29 is 0 Å². The van der Waals surface area contributed by atoms with Gasteiger partial charge in [0.25, 0.3) is 0 Å². The van der Waals surface area contributed by atoms with Crippen LogP contribution in [-0.2, 0) is 0 Å². The van der Waals surface area contributed by atoms with Gasteiger partial charge in [0.15, 0.2) is 0 Å². The third kappa shape index (κ3) is 3.43. The molecule has 2 aliphatic carbocycles. The number of hydrogen-bond donors (Lipinski definition) is 1. The molecule has 2 saturated carbocycles. The number of fused-ring (bicyclic) bond motifs is 1. The van der Waals surface area contributed by atoms with Gasteiger partial charge in [-0.1, -0.05) is 26.2 Å². The second-order valence-electron chi connectivity index (χ2n) is 7.61. The van der Waals surface area contributed by atoms with Crippen molar-refractivity contribution in [1.82, 2.24) is 10.2 Å². The van der Waals surface area contributed by atoms with Gasteiger partial charge in [-0.2, -0.15) is 5.26 Å². The highest BCUT2D eigenvalue weighted by Gasteiger charge is 2.47. The molecule has 3 aliphatic rings. The summed E-state index contributed by atoms with van der Waals surface area (Å²) in [6.45, 7) is 6.58. The Morgan fingerprint density at radius 3 is 2.57 bits per heavy atom. The average molecular weight is 289 g/mol. The van der Waals surface area contributed by atoms with Gasteiger partial charge in [0, 0.05) is 13.1 Å². The van der Waals surface area contributed by atoms with Gasteiger partial charge in [-0.25, -0.2) is 0 Å². The van der Waals surface area contributed by atoms with Gasteiger partial charge in [0.2, 0.25) is 0 Å². The molecule has 0 bridgehead atoms. The van der Waals surface area contributed by atoms with Gasteiger partial charge < -0.3 is 4.90 Å². The first kappa shape index (κ1) is 15.3. The summed E-state index contributed by atoms with van der Waals surface area (Å²) in [7, 11) is 0. The highest BCUT2D eigenvalue weighted by Crippen LogP contribution is 2.42. The Morgan fingerprint density at radius 2 is 1.90 bits per heavy atom. The van der Waals surface area contributed by atoms with Crippen molar-refractivity contribution in [3.05, 3.63) is 0 Å². The van der Waals surface area contributed by atoms with Crippen molar-refractivity contribution in [2.24, 2.45) is 17.8 Å². The molecule has 21 heavy (non-hydrogen) atoms. The predicted octanol–water partition coefficient (Wildman–Crippen LogP) is 3.17. The number of nitrogens with zero attached hydrogens (tertiary/aromatic N) is 2. The molecular weight excluding hydrogens is 258 g/mol. The Morgan fingerprint density at radius 1 is 1.14 bits per heavy atom. The summed E-state index contributed by atoms with van der Waals surface area (Å²) in [5.74, 6) is 2.49. The molecule has 3 nitrogen and oxygen atoms in total. The smallest absolute Gasteiger partial charge is 0.122 e. The fourth-order valence-corrected chi connectivity index (χ4v) is 4.59. The first-order valence-electron chi connectivity index (χ1n) is 9.16. The van der Waals surface area contributed by atoms with E-state index in [4.69, 9.17) is 0 Å². The zero-order chi connectivity index (χ0) is 14.7. The van der Waals surface area contributed by atoms with E-state index in [0.29, 0.717) is 5.92 Å². The molecule has 3 fully saturated rings. The highest BCUT2D eigenvalue weighted by molar-refractivity contribution is 5.17. The Kier molecular flexibility index (Phi) is 4.86. The van der Waals surface area contributed by atoms with E-state index in [1.807, 2.05) is 0 Å². The second-order valence-corrected chi connectivity index (χ2v) is 7.61. The molecule has 1 heterocycles. The highest BCUT2D eigenvalue weighted by atomic mass is 15.2. The lowest BCUT2D eigenvalue weighted by Gasteiger charge is -2.44. The predicted molar refractivity (Wildman–Crippen MR) is 85.9 cm³/mol. The number of nitrogens with one attached hydrogen (secondary N) is 1. The first-order valence-corrected chi connectivity index (χ1v) is 9.16. The van der Waals surface area contributed by atoms with E-state index in [1.165, 1.54) is 58.0 Å². The van der Waals surface area contributed by atoms with E-state index >= 15 is 0 Å².